The number of carbonyl (C=O) groups is 1. The van der Waals surface area contributed by atoms with Gasteiger partial charge in [0.2, 0.25) is 17.3 Å². The second kappa shape index (κ2) is 10.9. The largest absolute Gasteiger partial charge is 0.540 e. The van der Waals surface area contributed by atoms with E-state index in [1.54, 1.807) is 0 Å². The average molecular weight is 581 g/mol. The van der Waals surface area contributed by atoms with Gasteiger partial charge in [-0.3, -0.25) is 0 Å². The second-order valence-corrected chi connectivity index (χ2v) is 15.9. The Morgan fingerprint density at radius 3 is 2.16 bits per heavy atom. The Balaban J connectivity index is 3.14. The summed E-state index contributed by atoms with van der Waals surface area (Å²) in [5, 5.41) is 10.3. The zero-order chi connectivity index (χ0) is 25.0. The van der Waals surface area contributed by atoms with E-state index in [-0.39, 0.29) is 23.3 Å². The molecule has 1 aliphatic rings. The number of carboxylic acids is 1. The van der Waals surface area contributed by atoms with Crippen molar-refractivity contribution in [1.29, 1.82) is 0 Å². The number of hydrogen-bond acceptors (Lipinski definition) is 6. The molecule has 0 spiro atoms. The summed E-state index contributed by atoms with van der Waals surface area (Å²) in [4.78, 5) is 21.9. The van der Waals surface area contributed by atoms with E-state index in [4.69, 9.17) is 18.9 Å². The summed E-state index contributed by atoms with van der Waals surface area (Å²) in [5.74, 6) is -0.528. The molecule has 0 aromatic carbocycles. The minimum Gasteiger partial charge on any atom is -0.540 e. The number of carboxylic acid groups (broad SMARTS) is 1. The van der Waals surface area contributed by atoms with Crippen LogP contribution in [-0.4, -0.2) is 56.5 Å². The number of nitrogens with zero attached hydrogens (tertiary/aromatic N) is 2. The van der Waals surface area contributed by atoms with Crippen LogP contribution in [0.4, 0.5) is 0 Å². The fraction of sp³-hybridized carbons (Fsp3) is 0.783. The number of rotatable bonds is 9. The second-order valence-electron chi connectivity index (χ2n) is 10.1. The molecule has 1 heterocycles. The van der Waals surface area contributed by atoms with Gasteiger partial charge in [0.05, 0.1) is 14.2 Å². The molecule has 0 bridgehead atoms. The molecular formula is C23H41IN2O5Si. The van der Waals surface area contributed by atoms with Gasteiger partial charge in [-0.15, -0.1) is 0 Å². The third-order valence-corrected chi connectivity index (χ3v) is 12.2. The molecule has 7 nitrogen and oxygen atoms in total. The van der Waals surface area contributed by atoms with E-state index in [9.17, 15) is 9.90 Å². The Kier molecular flexibility index (Phi) is 9.84. The van der Waals surface area contributed by atoms with Crippen molar-refractivity contribution in [3.8, 4) is 0 Å². The Hall–Kier alpha value is -1.10. The highest BCUT2D eigenvalue weighted by atomic mass is 127. The third kappa shape index (κ3) is 5.87. The summed E-state index contributed by atoms with van der Waals surface area (Å²) in [6.45, 7) is 17.1. The average Bonchev–Trinajstić information content (AvgIpc) is 2.68. The van der Waals surface area contributed by atoms with Crippen molar-refractivity contribution in [3.63, 3.8) is 0 Å². The molecule has 32 heavy (non-hydrogen) atoms. The first-order valence-electron chi connectivity index (χ1n) is 11.2. The van der Waals surface area contributed by atoms with Crippen molar-refractivity contribution >= 4 is 48.7 Å². The number of unbranched alkanes of at least 4 members (excludes halogenated alkanes) is 1. The van der Waals surface area contributed by atoms with E-state index in [2.05, 4.69) is 61.4 Å². The summed E-state index contributed by atoms with van der Waals surface area (Å²) in [6, 6.07) is 0. The van der Waals surface area contributed by atoms with Gasteiger partial charge in [-0.05, 0) is 78.4 Å². The summed E-state index contributed by atoms with van der Waals surface area (Å²) < 4.78 is 18.2. The smallest absolute Gasteiger partial charge is 0.341 e. The van der Waals surface area contributed by atoms with Crippen molar-refractivity contribution in [2.45, 2.75) is 96.4 Å². The maximum absolute atomic E-state index is 12.4. The molecule has 0 aromatic heterocycles. The number of aliphatic imine (C=N–C) groups is 2. The number of methoxy groups -OCH3 is 2. The number of aliphatic carboxylic acids is 1. The molecule has 2 atom stereocenters. The number of allylic oxidation sites excluding steroid dienone is 1. The molecule has 0 saturated carbocycles. The molecule has 184 valence electrons. The summed E-state index contributed by atoms with van der Waals surface area (Å²) >= 11 is 2.22. The summed E-state index contributed by atoms with van der Waals surface area (Å²) in [5.41, 5.74) is -2.32. The van der Waals surface area contributed by atoms with Crippen LogP contribution in [0.15, 0.2) is 19.8 Å². The zero-order valence-electron chi connectivity index (χ0n) is 21.3. The minimum atomic E-state index is -1.90. The van der Waals surface area contributed by atoms with E-state index in [0.717, 1.165) is 3.77 Å². The molecular weight excluding hydrogens is 539 g/mol. The van der Waals surface area contributed by atoms with E-state index in [1.165, 1.54) is 14.2 Å². The molecule has 0 aromatic rings. The quantitative estimate of drug-likeness (QED) is 0.152. The SMILES string of the molecule is CCC1(C(C)C)N=C(OC)C(CCC/C=C(/I)O[Si](C)(C)C(C)(C)C)(C(=O)O)N=C1OC. The van der Waals surface area contributed by atoms with Gasteiger partial charge in [0, 0.05) is 0 Å². The number of ether oxygens (including phenoxy) is 2. The van der Waals surface area contributed by atoms with Gasteiger partial charge in [-0.2, -0.15) is 0 Å². The van der Waals surface area contributed by atoms with Crippen LogP contribution in [0, 0.1) is 5.92 Å². The van der Waals surface area contributed by atoms with Crippen LogP contribution in [0.2, 0.25) is 18.1 Å². The Labute approximate surface area is 208 Å². The van der Waals surface area contributed by atoms with Crippen LogP contribution < -0.4 is 0 Å². The lowest BCUT2D eigenvalue weighted by atomic mass is 9.80. The normalized spacial score (nSPS) is 24.7. The van der Waals surface area contributed by atoms with Gasteiger partial charge in [0.25, 0.3) is 8.32 Å². The molecule has 1 rings (SSSR count). The Bertz CT molecular complexity index is 773. The summed E-state index contributed by atoms with van der Waals surface area (Å²) in [6.07, 6.45) is 4.16. The third-order valence-electron chi connectivity index (χ3n) is 6.76. The lowest BCUT2D eigenvalue weighted by molar-refractivity contribution is -0.141. The van der Waals surface area contributed by atoms with Crippen molar-refractivity contribution in [2.24, 2.45) is 15.9 Å². The maximum atomic E-state index is 12.4. The van der Waals surface area contributed by atoms with E-state index >= 15 is 0 Å². The van der Waals surface area contributed by atoms with Crippen molar-refractivity contribution in [2.75, 3.05) is 14.2 Å². The van der Waals surface area contributed by atoms with Crippen LogP contribution in [0.25, 0.3) is 0 Å². The van der Waals surface area contributed by atoms with Crippen LogP contribution in [-0.2, 0) is 18.7 Å². The Morgan fingerprint density at radius 2 is 1.75 bits per heavy atom. The predicted octanol–water partition coefficient (Wildman–Crippen LogP) is 6.19. The number of hydrogen-bond donors (Lipinski definition) is 1. The maximum Gasteiger partial charge on any atom is 0.341 e. The van der Waals surface area contributed by atoms with E-state index in [1.807, 2.05) is 26.8 Å². The van der Waals surface area contributed by atoms with Gasteiger partial charge in [-0.25, -0.2) is 14.8 Å². The van der Waals surface area contributed by atoms with Crippen molar-refractivity contribution in [3.05, 3.63) is 9.84 Å². The van der Waals surface area contributed by atoms with Crippen molar-refractivity contribution < 1.29 is 23.8 Å². The Morgan fingerprint density at radius 1 is 1.19 bits per heavy atom. The molecule has 0 aliphatic carbocycles. The number of halogens is 1. The standard InChI is InChI=1S/C23H41IN2O5Si/c1-11-22(16(2)3)18(29-7)26-23(20(27)28,19(25-22)30-8)15-13-12-14-17(24)31-32(9,10)21(4,5)6/h14,16H,11-13,15H2,1-10H3,(H,27,28)/b17-14-. The first-order chi connectivity index (χ1) is 14.6. The lowest BCUT2D eigenvalue weighted by Crippen LogP contribution is -2.56. The molecule has 1 aliphatic heterocycles. The van der Waals surface area contributed by atoms with Gasteiger partial charge in [0.15, 0.2) is 0 Å². The van der Waals surface area contributed by atoms with Crippen LogP contribution in [0.1, 0.15) is 67.2 Å². The van der Waals surface area contributed by atoms with Crippen molar-refractivity contribution in [1.82, 2.24) is 0 Å². The molecule has 0 saturated heterocycles. The monoisotopic (exact) mass is 580 g/mol. The zero-order valence-corrected chi connectivity index (χ0v) is 24.5. The molecule has 0 radical (unpaired) electrons. The molecule has 9 heteroatoms. The lowest BCUT2D eigenvalue weighted by Gasteiger charge is -2.40. The highest BCUT2D eigenvalue weighted by Crippen LogP contribution is 2.40. The topological polar surface area (TPSA) is 89.7 Å². The predicted molar refractivity (Wildman–Crippen MR) is 141 cm³/mol. The van der Waals surface area contributed by atoms with E-state index in [0.29, 0.717) is 25.2 Å². The van der Waals surface area contributed by atoms with Gasteiger partial charge < -0.3 is 19.0 Å². The van der Waals surface area contributed by atoms with E-state index < -0.39 is 25.4 Å². The highest BCUT2D eigenvalue weighted by molar-refractivity contribution is 14.1. The van der Waals surface area contributed by atoms with Gasteiger partial charge in [0.1, 0.15) is 9.30 Å². The molecule has 0 fully saturated rings. The van der Waals surface area contributed by atoms with Crippen LogP contribution in [0.3, 0.4) is 0 Å². The first kappa shape index (κ1) is 28.9. The first-order valence-corrected chi connectivity index (χ1v) is 15.2. The fourth-order valence-electron chi connectivity index (χ4n) is 3.51. The fourth-order valence-corrected chi connectivity index (χ4v) is 6.35. The molecule has 0 amide bonds. The van der Waals surface area contributed by atoms with Crippen LogP contribution >= 0.6 is 22.6 Å². The van der Waals surface area contributed by atoms with Gasteiger partial charge in [-0.1, -0.05) is 41.5 Å². The highest BCUT2D eigenvalue weighted by Gasteiger charge is 2.54. The minimum absolute atomic E-state index is 0.0696. The van der Waals surface area contributed by atoms with Crippen LogP contribution in [0.5, 0.6) is 0 Å². The molecule has 2 unspecified atom stereocenters. The van der Waals surface area contributed by atoms with Gasteiger partial charge >= 0.3 is 5.97 Å². The molecule has 1 N–H and O–H groups in total. The summed E-state index contributed by atoms with van der Waals surface area (Å²) in [7, 11) is 1.08.